The van der Waals surface area contributed by atoms with Gasteiger partial charge >= 0.3 is 11.7 Å². The van der Waals surface area contributed by atoms with Crippen molar-refractivity contribution in [2.75, 3.05) is 12.4 Å². The van der Waals surface area contributed by atoms with Crippen LogP contribution < -0.4 is 10.5 Å². The number of oxazole rings is 1. The van der Waals surface area contributed by atoms with Crippen LogP contribution in [0.4, 0.5) is 0 Å². The maximum Gasteiger partial charge on any atom is 0.420 e. The molecular weight excluding hydrogens is 450 g/mol. The van der Waals surface area contributed by atoms with Crippen molar-refractivity contribution in [3.05, 3.63) is 95.5 Å². The molecule has 0 unspecified atom stereocenters. The molecule has 4 aromatic rings. The topological polar surface area (TPSA) is 81.7 Å². The van der Waals surface area contributed by atoms with Gasteiger partial charge in [0.2, 0.25) is 0 Å². The first-order chi connectivity index (χ1) is 16.6. The zero-order valence-corrected chi connectivity index (χ0v) is 19.4. The van der Waals surface area contributed by atoms with Crippen LogP contribution in [-0.2, 0) is 11.3 Å². The first kappa shape index (κ1) is 23.4. The van der Waals surface area contributed by atoms with E-state index in [2.05, 4.69) is 0 Å². The molecule has 0 aliphatic rings. The molecule has 1 heterocycles. The summed E-state index contributed by atoms with van der Waals surface area (Å²) in [5.41, 5.74) is 2.56. The van der Waals surface area contributed by atoms with Gasteiger partial charge in [-0.2, -0.15) is 0 Å². The van der Waals surface area contributed by atoms with Gasteiger partial charge < -0.3 is 14.3 Å². The van der Waals surface area contributed by atoms with Gasteiger partial charge in [0.05, 0.1) is 12.3 Å². The highest BCUT2D eigenvalue weighted by molar-refractivity contribution is 7.99. The van der Waals surface area contributed by atoms with Crippen molar-refractivity contribution in [3.63, 3.8) is 0 Å². The molecule has 0 saturated heterocycles. The van der Waals surface area contributed by atoms with Crippen molar-refractivity contribution in [1.82, 2.24) is 4.57 Å². The number of ether oxygens (including phenoxy) is 1. The summed E-state index contributed by atoms with van der Waals surface area (Å²) in [7, 11) is 0. The van der Waals surface area contributed by atoms with E-state index in [0.717, 1.165) is 21.7 Å². The van der Waals surface area contributed by atoms with E-state index in [-0.39, 0.29) is 12.2 Å². The van der Waals surface area contributed by atoms with Crippen molar-refractivity contribution in [3.8, 4) is 28.3 Å². The van der Waals surface area contributed by atoms with Gasteiger partial charge in [-0.1, -0.05) is 66.7 Å². The third-order valence-corrected chi connectivity index (χ3v) is 6.14. The Morgan fingerprint density at radius 1 is 0.941 bits per heavy atom. The van der Waals surface area contributed by atoms with Crippen LogP contribution in [0.1, 0.15) is 12.8 Å². The lowest BCUT2D eigenvalue weighted by Crippen LogP contribution is -2.16. The molecule has 0 aliphatic heterocycles. The molecule has 0 atom stereocenters. The van der Waals surface area contributed by atoms with Crippen molar-refractivity contribution < 1.29 is 19.1 Å². The second-order valence-electron chi connectivity index (χ2n) is 7.60. The summed E-state index contributed by atoms with van der Waals surface area (Å²) in [5, 5.41) is 8.73. The Morgan fingerprint density at radius 3 is 2.35 bits per heavy atom. The molecule has 1 N–H and O–H groups in total. The van der Waals surface area contributed by atoms with Crippen molar-refractivity contribution in [1.29, 1.82) is 0 Å². The Morgan fingerprint density at radius 2 is 1.65 bits per heavy atom. The number of hydrogen-bond donors (Lipinski definition) is 1. The summed E-state index contributed by atoms with van der Waals surface area (Å²) < 4.78 is 13.1. The fourth-order valence-electron chi connectivity index (χ4n) is 3.60. The summed E-state index contributed by atoms with van der Waals surface area (Å²) in [5.74, 6) is 0.725. The maximum atomic E-state index is 12.8. The number of rotatable bonds is 11. The van der Waals surface area contributed by atoms with Crippen LogP contribution in [0.3, 0.4) is 0 Å². The first-order valence-corrected chi connectivity index (χ1v) is 12.0. The molecule has 0 fully saturated rings. The van der Waals surface area contributed by atoms with Crippen LogP contribution in [0, 0.1) is 0 Å². The molecule has 0 aliphatic carbocycles. The molecule has 174 valence electrons. The van der Waals surface area contributed by atoms with Crippen LogP contribution in [-0.4, -0.2) is 28.0 Å². The minimum Gasteiger partial charge on any atom is -0.494 e. The van der Waals surface area contributed by atoms with E-state index >= 15 is 0 Å². The van der Waals surface area contributed by atoms with Gasteiger partial charge in [-0.3, -0.25) is 9.36 Å². The fraction of sp³-hybridized carbons (Fsp3) is 0.185. The summed E-state index contributed by atoms with van der Waals surface area (Å²) in [6, 6.07) is 27.1. The molecule has 0 spiro atoms. The van der Waals surface area contributed by atoms with E-state index in [1.54, 1.807) is 16.3 Å². The lowest BCUT2D eigenvalue weighted by Gasteiger charge is -2.10. The van der Waals surface area contributed by atoms with Crippen LogP contribution in [0.5, 0.6) is 5.75 Å². The zero-order chi connectivity index (χ0) is 23.8. The number of aliphatic carboxylic acids is 1. The van der Waals surface area contributed by atoms with Crippen LogP contribution in [0.15, 0.2) is 99.0 Å². The van der Waals surface area contributed by atoms with Crippen molar-refractivity contribution in [2.45, 2.75) is 24.3 Å². The largest absolute Gasteiger partial charge is 0.494 e. The first-order valence-electron chi connectivity index (χ1n) is 11.0. The molecule has 0 bridgehead atoms. The molecular formula is C27H25NO5S. The number of carboxylic acids is 1. The van der Waals surface area contributed by atoms with E-state index < -0.39 is 5.97 Å². The van der Waals surface area contributed by atoms with E-state index in [0.29, 0.717) is 36.8 Å². The van der Waals surface area contributed by atoms with Gasteiger partial charge in [-0.25, -0.2) is 4.79 Å². The average molecular weight is 476 g/mol. The van der Waals surface area contributed by atoms with Crippen molar-refractivity contribution >= 4 is 17.7 Å². The SMILES string of the molecule is O=C(O)CCCOc1cccc(SCCn2c(-c3ccccc3)c(-c3ccccc3)oc2=O)c1. The molecule has 4 rings (SSSR count). The third-order valence-electron chi connectivity index (χ3n) is 5.17. The van der Waals surface area contributed by atoms with Crippen molar-refractivity contribution in [2.24, 2.45) is 0 Å². The zero-order valence-electron chi connectivity index (χ0n) is 18.6. The number of carboxylic acid groups (broad SMARTS) is 1. The molecule has 7 heteroatoms. The standard InChI is InChI=1S/C27H25NO5S/c29-24(30)15-8-17-32-22-13-7-14-23(19-22)34-18-16-28-25(20-9-3-1-4-10-20)26(33-27(28)31)21-11-5-2-6-12-21/h1-7,9-14,19H,8,15-18H2,(H,29,30). The predicted molar refractivity (Wildman–Crippen MR) is 133 cm³/mol. The summed E-state index contributed by atoms with van der Waals surface area (Å²) in [6.07, 6.45) is 0.546. The summed E-state index contributed by atoms with van der Waals surface area (Å²) in [4.78, 5) is 24.5. The molecule has 0 amide bonds. The lowest BCUT2D eigenvalue weighted by atomic mass is 10.1. The quantitative estimate of drug-likeness (QED) is 0.218. The van der Waals surface area contributed by atoms with Crippen LogP contribution >= 0.6 is 11.8 Å². The number of benzene rings is 3. The van der Waals surface area contributed by atoms with Crippen LogP contribution in [0.25, 0.3) is 22.6 Å². The van der Waals surface area contributed by atoms with Gasteiger partial charge in [-0.05, 0) is 24.6 Å². The molecule has 3 aromatic carbocycles. The second-order valence-corrected chi connectivity index (χ2v) is 8.77. The summed E-state index contributed by atoms with van der Waals surface area (Å²) >= 11 is 1.62. The minimum absolute atomic E-state index is 0.0859. The normalized spacial score (nSPS) is 10.8. The number of thioether (sulfide) groups is 1. The van der Waals surface area contributed by atoms with E-state index in [4.69, 9.17) is 14.3 Å². The monoisotopic (exact) mass is 475 g/mol. The minimum atomic E-state index is -0.826. The van der Waals surface area contributed by atoms with Crippen LogP contribution in [0.2, 0.25) is 0 Å². The maximum absolute atomic E-state index is 12.8. The molecule has 0 radical (unpaired) electrons. The van der Waals surface area contributed by atoms with E-state index in [1.807, 2.05) is 84.9 Å². The molecule has 34 heavy (non-hydrogen) atoms. The Labute approximate surface area is 201 Å². The van der Waals surface area contributed by atoms with E-state index in [1.165, 1.54) is 0 Å². The summed E-state index contributed by atoms with van der Waals surface area (Å²) in [6.45, 7) is 0.835. The average Bonchev–Trinajstić information content (AvgIpc) is 3.19. The number of aromatic nitrogens is 1. The molecule has 6 nitrogen and oxygen atoms in total. The molecule has 1 aromatic heterocycles. The van der Waals surface area contributed by atoms with Gasteiger partial charge in [0, 0.05) is 34.7 Å². The number of nitrogens with zero attached hydrogens (tertiary/aromatic N) is 1. The van der Waals surface area contributed by atoms with Gasteiger partial charge in [0.15, 0.2) is 5.76 Å². The Bertz CT molecular complexity index is 1280. The number of carbonyl (C=O) groups is 1. The number of hydrogen-bond acceptors (Lipinski definition) is 5. The second kappa shape index (κ2) is 11.4. The Kier molecular flexibility index (Phi) is 7.88. The van der Waals surface area contributed by atoms with Gasteiger partial charge in [0.1, 0.15) is 5.75 Å². The lowest BCUT2D eigenvalue weighted by molar-refractivity contribution is -0.137. The highest BCUT2D eigenvalue weighted by Gasteiger charge is 2.19. The Hall–Kier alpha value is -3.71. The fourth-order valence-corrected chi connectivity index (χ4v) is 4.48. The van der Waals surface area contributed by atoms with Gasteiger partial charge in [0.25, 0.3) is 0 Å². The highest BCUT2D eigenvalue weighted by atomic mass is 32.2. The molecule has 0 saturated carbocycles. The Balaban J connectivity index is 1.49. The highest BCUT2D eigenvalue weighted by Crippen LogP contribution is 2.32. The van der Waals surface area contributed by atoms with Gasteiger partial charge in [-0.15, -0.1) is 11.8 Å². The predicted octanol–water partition coefficient (Wildman–Crippen LogP) is 5.81. The van der Waals surface area contributed by atoms with E-state index in [9.17, 15) is 9.59 Å². The smallest absolute Gasteiger partial charge is 0.420 e. The third kappa shape index (κ3) is 5.99.